The molecular formula is C11H12N2O2. The lowest BCUT2D eigenvalue weighted by atomic mass is 9.63. The zero-order chi connectivity index (χ0) is 11.9. The molecule has 0 aromatic carbocycles. The van der Waals surface area contributed by atoms with Gasteiger partial charge in [0.1, 0.15) is 12.1 Å². The first-order valence-corrected chi connectivity index (χ1v) is 4.58. The summed E-state index contributed by atoms with van der Waals surface area (Å²) in [5.41, 5.74) is -2.51. The van der Waals surface area contributed by atoms with E-state index in [-0.39, 0.29) is 23.4 Å². The van der Waals surface area contributed by atoms with Gasteiger partial charge < -0.3 is 5.11 Å². The summed E-state index contributed by atoms with van der Waals surface area (Å²) < 4.78 is 0. The maximum atomic E-state index is 11.6. The highest BCUT2D eigenvalue weighted by Crippen LogP contribution is 2.44. The Kier molecular flexibility index (Phi) is 2.43. The molecule has 0 amide bonds. The van der Waals surface area contributed by atoms with Crippen molar-refractivity contribution in [1.29, 1.82) is 10.5 Å². The van der Waals surface area contributed by atoms with Crippen LogP contribution in [0.2, 0.25) is 0 Å². The lowest BCUT2D eigenvalue weighted by Gasteiger charge is -2.41. The molecule has 0 aromatic rings. The van der Waals surface area contributed by atoms with Crippen LogP contribution in [0.1, 0.15) is 27.2 Å². The van der Waals surface area contributed by atoms with E-state index in [0.717, 1.165) is 0 Å². The molecule has 1 rings (SSSR count). The Morgan fingerprint density at radius 1 is 1.40 bits per heavy atom. The van der Waals surface area contributed by atoms with Gasteiger partial charge in [0, 0.05) is 11.8 Å². The maximum absolute atomic E-state index is 11.6. The van der Waals surface area contributed by atoms with Gasteiger partial charge in [-0.3, -0.25) is 4.79 Å². The first-order chi connectivity index (χ1) is 6.80. The fourth-order valence-electron chi connectivity index (χ4n) is 1.90. The van der Waals surface area contributed by atoms with Crippen molar-refractivity contribution >= 4 is 5.78 Å². The van der Waals surface area contributed by atoms with Crippen LogP contribution in [0.4, 0.5) is 0 Å². The van der Waals surface area contributed by atoms with Crippen molar-refractivity contribution in [3.63, 3.8) is 0 Å². The molecule has 0 fully saturated rings. The molecule has 1 unspecified atom stereocenters. The van der Waals surface area contributed by atoms with Crippen molar-refractivity contribution in [1.82, 2.24) is 0 Å². The van der Waals surface area contributed by atoms with E-state index in [1.54, 1.807) is 26.0 Å². The van der Waals surface area contributed by atoms with Gasteiger partial charge in [-0.2, -0.15) is 10.5 Å². The van der Waals surface area contributed by atoms with Gasteiger partial charge in [-0.15, -0.1) is 0 Å². The largest absolute Gasteiger partial charge is 0.371 e. The number of carbonyl (C=O) groups excluding carboxylic acids is 1. The summed E-state index contributed by atoms with van der Waals surface area (Å²) in [6.07, 6.45) is 0.0112. The zero-order valence-corrected chi connectivity index (χ0v) is 8.96. The summed E-state index contributed by atoms with van der Waals surface area (Å²) >= 11 is 0. The van der Waals surface area contributed by atoms with Gasteiger partial charge in [-0.1, -0.05) is 13.8 Å². The first kappa shape index (κ1) is 11.4. The average Bonchev–Trinajstić information content (AvgIpc) is 2.14. The van der Waals surface area contributed by atoms with Crippen molar-refractivity contribution in [2.75, 3.05) is 0 Å². The predicted molar refractivity (Wildman–Crippen MR) is 52.3 cm³/mol. The molecule has 1 N–H and O–H groups in total. The second kappa shape index (κ2) is 3.18. The lowest BCUT2D eigenvalue weighted by molar-refractivity contribution is -0.121. The second-order valence-corrected chi connectivity index (χ2v) is 4.42. The number of nitriles is 2. The van der Waals surface area contributed by atoms with E-state index in [0.29, 0.717) is 0 Å². The van der Waals surface area contributed by atoms with E-state index in [1.165, 1.54) is 6.92 Å². The van der Waals surface area contributed by atoms with Crippen LogP contribution in [0.25, 0.3) is 0 Å². The van der Waals surface area contributed by atoms with Crippen LogP contribution in [-0.2, 0) is 4.79 Å². The molecule has 1 aliphatic carbocycles. The number of hydrogen-bond donors (Lipinski definition) is 1. The Bertz CT molecular complexity index is 434. The highest BCUT2D eigenvalue weighted by Gasteiger charge is 2.51. The molecule has 78 valence electrons. The first-order valence-electron chi connectivity index (χ1n) is 4.58. The molecule has 0 spiro atoms. The molecule has 15 heavy (non-hydrogen) atoms. The van der Waals surface area contributed by atoms with E-state index in [2.05, 4.69) is 0 Å². The summed E-state index contributed by atoms with van der Waals surface area (Å²) in [4.78, 5) is 11.6. The Labute approximate surface area is 88.4 Å². The van der Waals surface area contributed by atoms with Crippen LogP contribution in [0.15, 0.2) is 11.1 Å². The van der Waals surface area contributed by atoms with Crippen molar-refractivity contribution < 1.29 is 9.90 Å². The highest BCUT2D eigenvalue weighted by atomic mass is 16.3. The molecule has 0 aromatic heterocycles. The van der Waals surface area contributed by atoms with Gasteiger partial charge in [-0.05, 0) is 12.5 Å². The molecule has 0 bridgehead atoms. The number of hydrogen-bond acceptors (Lipinski definition) is 4. The number of Topliss-reactive ketones (excluding diaryl/α,β-unsaturated/α-hetero) is 1. The second-order valence-electron chi connectivity index (χ2n) is 4.42. The quantitative estimate of drug-likeness (QED) is 0.598. The summed E-state index contributed by atoms with van der Waals surface area (Å²) in [5.74, 6) is -0.306. The number of allylic oxidation sites excluding steroid dienone is 1. The molecule has 4 nitrogen and oxygen atoms in total. The van der Waals surface area contributed by atoms with Gasteiger partial charge in [0.15, 0.2) is 11.4 Å². The van der Waals surface area contributed by atoms with E-state index in [4.69, 9.17) is 10.5 Å². The van der Waals surface area contributed by atoms with Crippen LogP contribution >= 0.6 is 0 Å². The van der Waals surface area contributed by atoms with Gasteiger partial charge >= 0.3 is 0 Å². The molecule has 0 saturated heterocycles. The summed E-state index contributed by atoms with van der Waals surface area (Å²) in [7, 11) is 0. The lowest BCUT2D eigenvalue weighted by Crippen LogP contribution is -2.49. The van der Waals surface area contributed by atoms with Crippen molar-refractivity contribution in [2.24, 2.45) is 5.41 Å². The van der Waals surface area contributed by atoms with Gasteiger partial charge in [-0.25, -0.2) is 0 Å². The minimum atomic E-state index is -1.73. The van der Waals surface area contributed by atoms with E-state index >= 15 is 0 Å². The number of carbonyl (C=O) groups is 1. The van der Waals surface area contributed by atoms with Crippen LogP contribution in [0.3, 0.4) is 0 Å². The molecular weight excluding hydrogens is 192 g/mol. The third kappa shape index (κ3) is 1.35. The smallest absolute Gasteiger partial charge is 0.179 e. The van der Waals surface area contributed by atoms with Crippen LogP contribution in [0, 0.1) is 28.1 Å². The third-order valence-corrected chi connectivity index (χ3v) is 3.05. The third-order valence-electron chi connectivity index (χ3n) is 3.05. The minimum absolute atomic E-state index is 0.0112. The van der Waals surface area contributed by atoms with Crippen LogP contribution < -0.4 is 0 Å². The number of ketones is 1. The van der Waals surface area contributed by atoms with E-state index in [1.807, 2.05) is 0 Å². The highest BCUT2D eigenvalue weighted by molar-refractivity contribution is 6.02. The fourth-order valence-corrected chi connectivity index (χ4v) is 1.90. The Morgan fingerprint density at radius 2 is 1.93 bits per heavy atom. The number of nitrogens with zero attached hydrogens (tertiary/aromatic N) is 2. The van der Waals surface area contributed by atoms with E-state index in [9.17, 15) is 9.90 Å². The molecule has 0 saturated carbocycles. The van der Waals surface area contributed by atoms with Gasteiger partial charge in [0.2, 0.25) is 0 Å². The van der Waals surface area contributed by atoms with Crippen molar-refractivity contribution in [3.8, 4) is 12.1 Å². The predicted octanol–water partition coefficient (Wildman–Crippen LogP) is 1.08. The summed E-state index contributed by atoms with van der Waals surface area (Å²) in [6.45, 7) is 4.75. The molecule has 0 aliphatic heterocycles. The summed E-state index contributed by atoms with van der Waals surface area (Å²) in [5, 5.41) is 28.0. The van der Waals surface area contributed by atoms with Gasteiger partial charge in [0.25, 0.3) is 0 Å². The SMILES string of the molecule is CC1=C(C#N)C(=O)CC(C)(C)C1(O)C#N. The molecule has 0 heterocycles. The normalized spacial score (nSPS) is 29.6. The Balaban J connectivity index is 3.52. The molecule has 0 radical (unpaired) electrons. The summed E-state index contributed by atoms with van der Waals surface area (Å²) in [6, 6.07) is 3.55. The minimum Gasteiger partial charge on any atom is -0.371 e. The topological polar surface area (TPSA) is 84.9 Å². The van der Waals surface area contributed by atoms with E-state index < -0.39 is 11.0 Å². The average molecular weight is 204 g/mol. The maximum Gasteiger partial charge on any atom is 0.179 e. The van der Waals surface area contributed by atoms with Crippen molar-refractivity contribution in [2.45, 2.75) is 32.8 Å². The number of aliphatic hydroxyl groups is 1. The van der Waals surface area contributed by atoms with Crippen LogP contribution in [-0.4, -0.2) is 16.5 Å². The molecule has 1 atom stereocenters. The molecule has 1 aliphatic rings. The van der Waals surface area contributed by atoms with Gasteiger partial charge in [0.05, 0.1) is 5.57 Å². The zero-order valence-electron chi connectivity index (χ0n) is 8.96. The van der Waals surface area contributed by atoms with Crippen LogP contribution in [0.5, 0.6) is 0 Å². The monoisotopic (exact) mass is 204 g/mol. The fraction of sp³-hybridized carbons (Fsp3) is 0.545. The number of rotatable bonds is 0. The standard InChI is InChI=1S/C11H12N2O2/c1-7-8(5-12)9(14)4-10(2,3)11(7,15)6-13/h15H,4H2,1-3H3. The Hall–Kier alpha value is -1.65. The Morgan fingerprint density at radius 3 is 2.33 bits per heavy atom. The molecule has 4 heteroatoms. The van der Waals surface area contributed by atoms with Crippen molar-refractivity contribution in [3.05, 3.63) is 11.1 Å².